The van der Waals surface area contributed by atoms with E-state index in [1.54, 1.807) is 0 Å². The van der Waals surface area contributed by atoms with Crippen LogP contribution in [0.1, 0.15) is 117 Å². The molecule has 0 saturated heterocycles. The molecule has 0 bridgehead atoms. The van der Waals surface area contributed by atoms with Crippen molar-refractivity contribution in [2.24, 2.45) is 5.73 Å². The summed E-state index contributed by atoms with van der Waals surface area (Å²) in [5.74, 6) is -1.90. The van der Waals surface area contributed by atoms with E-state index in [-0.39, 0.29) is 13.0 Å². The predicted octanol–water partition coefficient (Wildman–Crippen LogP) is 11.3. The maximum atomic E-state index is 12.6. The molecule has 3 unspecified atom stereocenters. The van der Waals surface area contributed by atoms with Crippen molar-refractivity contribution in [2.45, 2.75) is 129 Å². The van der Waals surface area contributed by atoms with Crippen molar-refractivity contribution >= 4 is 19.8 Å². The zero-order chi connectivity index (χ0) is 41.9. The number of rotatable bonds is 37. The molecule has 0 aromatic carbocycles. The molecule has 4 N–H and O–H groups in total. The molecule has 0 aromatic rings. The van der Waals surface area contributed by atoms with Crippen LogP contribution >= 0.6 is 7.82 Å². The van der Waals surface area contributed by atoms with Gasteiger partial charge in [-0.05, 0) is 89.9 Å². The van der Waals surface area contributed by atoms with Crippen LogP contribution in [-0.4, -0.2) is 60.5 Å². The van der Waals surface area contributed by atoms with Gasteiger partial charge in [0.15, 0.2) is 0 Å². The number of nitrogens with two attached hydrogens (primary N) is 1. The van der Waals surface area contributed by atoms with E-state index in [1.165, 1.54) is 0 Å². The van der Waals surface area contributed by atoms with Crippen LogP contribution in [0.5, 0.6) is 0 Å². The Morgan fingerprint density at radius 1 is 0.561 bits per heavy atom. The van der Waals surface area contributed by atoms with Gasteiger partial charge in [0.1, 0.15) is 12.1 Å². The predicted molar refractivity (Wildman–Crippen MR) is 235 cm³/mol. The van der Waals surface area contributed by atoms with E-state index in [1.807, 2.05) is 12.2 Å². The van der Waals surface area contributed by atoms with E-state index in [2.05, 4.69) is 128 Å². The lowest BCUT2D eigenvalue weighted by Crippen LogP contribution is -2.34. The van der Waals surface area contributed by atoms with E-state index in [4.69, 9.17) is 24.8 Å². The third-order valence-electron chi connectivity index (χ3n) is 7.75. The van der Waals surface area contributed by atoms with Crippen molar-refractivity contribution in [1.82, 2.24) is 0 Å². The summed E-state index contributed by atoms with van der Waals surface area (Å²) in [5, 5.41) is 8.89. The first kappa shape index (κ1) is 53.4. The molecule has 0 rings (SSSR count). The third-order valence-corrected chi connectivity index (χ3v) is 8.70. The lowest BCUT2D eigenvalue weighted by atomic mass is 10.2. The van der Waals surface area contributed by atoms with Gasteiger partial charge < -0.3 is 25.2 Å². The number of hydrogen-bond donors (Lipinski definition) is 3. The lowest BCUT2D eigenvalue weighted by Gasteiger charge is -2.20. The number of ether oxygens (including phenoxy) is 2. The number of esters is 1. The highest BCUT2D eigenvalue weighted by Gasteiger charge is 2.27. The lowest BCUT2D eigenvalue weighted by molar-refractivity contribution is -0.154. The summed E-state index contributed by atoms with van der Waals surface area (Å²) in [6.07, 6.45) is 55.6. The van der Waals surface area contributed by atoms with Crippen molar-refractivity contribution in [2.75, 3.05) is 26.4 Å². The maximum absolute atomic E-state index is 12.6. The van der Waals surface area contributed by atoms with E-state index >= 15 is 0 Å². The number of allylic oxidation sites excluding steroid dienone is 20. The molecule has 0 aliphatic rings. The average molecular weight is 814 g/mol. The van der Waals surface area contributed by atoms with Gasteiger partial charge in [0, 0.05) is 13.0 Å². The molecule has 0 saturated carbocycles. The SMILES string of the molecule is CC/C=C\C/C=C\C/C=C\C/C=C\C/C=C\C/C=C\CCC(=O)OC(COCCCCC/C=C\C/C=C\C/C=C\C/C=C\CC)COP(=O)(O)OCC(N)C(=O)O. The number of carbonyl (C=O) groups is 2. The number of hydrogen-bond acceptors (Lipinski definition) is 8. The van der Waals surface area contributed by atoms with E-state index in [0.717, 1.165) is 89.9 Å². The number of aliphatic carboxylic acids is 1. The number of carboxylic acids is 1. The Kier molecular flexibility index (Phi) is 38.0. The number of phosphoric ester groups is 1. The highest BCUT2D eigenvalue weighted by molar-refractivity contribution is 7.47. The fraction of sp³-hybridized carbons (Fsp3) is 0.522. The summed E-state index contributed by atoms with van der Waals surface area (Å²) in [6.45, 7) is 3.43. The Balaban J connectivity index is 4.50. The van der Waals surface area contributed by atoms with Gasteiger partial charge in [0.2, 0.25) is 0 Å². The second-order valence-corrected chi connectivity index (χ2v) is 14.4. The van der Waals surface area contributed by atoms with Gasteiger partial charge in [-0.1, -0.05) is 142 Å². The summed E-state index contributed by atoms with van der Waals surface area (Å²) in [7, 11) is -4.65. The largest absolute Gasteiger partial charge is 0.480 e. The van der Waals surface area contributed by atoms with Crippen molar-refractivity contribution < 1.29 is 42.7 Å². The Morgan fingerprint density at radius 3 is 1.40 bits per heavy atom. The van der Waals surface area contributed by atoms with Gasteiger partial charge >= 0.3 is 19.8 Å². The smallest absolute Gasteiger partial charge is 0.472 e. The number of phosphoric acid groups is 1. The normalized spacial score (nSPS) is 15.2. The van der Waals surface area contributed by atoms with Crippen LogP contribution < -0.4 is 5.73 Å². The minimum Gasteiger partial charge on any atom is -0.480 e. The van der Waals surface area contributed by atoms with Crippen LogP contribution in [0.4, 0.5) is 0 Å². The number of unbranched alkanes of at least 4 members (excludes halogenated alkanes) is 3. The van der Waals surface area contributed by atoms with E-state index in [0.29, 0.717) is 13.0 Å². The standard InChI is InChI=1S/C46H72NO9P/c1-3-5-7-9-11-13-15-17-19-21-22-23-24-26-28-30-32-34-36-38-45(48)56-43(41-54-57(51,52)55-42-44(47)46(49)50)40-53-39-37-35-33-31-29-27-25-20-18-16-14-12-10-8-6-4-2/h5-8,11-14,17-20,22-23,26-29,32,34,43-44H,3-4,9-10,15-16,21,24-25,30-31,33,35-42,47H2,1-2H3,(H,49,50)(H,51,52)/b7-5-,8-6-,13-11-,14-12-,19-17-,20-18-,23-22-,28-26-,29-27-,34-32-. The molecular formula is C46H72NO9P. The molecule has 3 atom stereocenters. The minimum absolute atomic E-state index is 0.0445. The second-order valence-electron chi connectivity index (χ2n) is 13.0. The van der Waals surface area contributed by atoms with Crippen molar-refractivity contribution in [3.8, 4) is 0 Å². The van der Waals surface area contributed by atoms with Gasteiger partial charge in [0.25, 0.3) is 0 Å². The molecule has 0 heterocycles. The molecule has 0 radical (unpaired) electrons. The molecular weight excluding hydrogens is 741 g/mol. The maximum Gasteiger partial charge on any atom is 0.472 e. The quantitative estimate of drug-likeness (QED) is 0.0239. The second kappa shape index (κ2) is 40.6. The van der Waals surface area contributed by atoms with Crippen LogP contribution in [0.25, 0.3) is 0 Å². The molecule has 0 fully saturated rings. The van der Waals surface area contributed by atoms with Crippen LogP contribution in [-0.2, 0) is 32.7 Å². The summed E-state index contributed by atoms with van der Waals surface area (Å²) in [5.41, 5.74) is 5.34. The van der Waals surface area contributed by atoms with Crippen LogP contribution in [0.3, 0.4) is 0 Å². The van der Waals surface area contributed by atoms with Gasteiger partial charge in [-0.3, -0.25) is 18.6 Å². The fourth-order valence-electron chi connectivity index (χ4n) is 4.62. The summed E-state index contributed by atoms with van der Waals surface area (Å²) in [6, 6.07) is -1.50. The molecule has 0 amide bonds. The van der Waals surface area contributed by atoms with Gasteiger partial charge in [-0.25, -0.2) is 4.57 Å². The Bertz CT molecular complexity index is 1360. The molecule has 0 aliphatic heterocycles. The topological polar surface area (TPSA) is 155 Å². The summed E-state index contributed by atoms with van der Waals surface area (Å²) < 4.78 is 33.2. The van der Waals surface area contributed by atoms with Gasteiger partial charge in [-0.15, -0.1) is 0 Å². The average Bonchev–Trinajstić information content (AvgIpc) is 3.19. The highest BCUT2D eigenvalue weighted by Crippen LogP contribution is 2.43. The van der Waals surface area contributed by atoms with E-state index < -0.39 is 45.1 Å². The first-order chi connectivity index (χ1) is 27.7. The number of carboxylic acid groups (broad SMARTS) is 1. The first-order valence-corrected chi connectivity index (χ1v) is 22.1. The van der Waals surface area contributed by atoms with Crippen LogP contribution in [0, 0.1) is 0 Å². The first-order valence-electron chi connectivity index (χ1n) is 20.6. The van der Waals surface area contributed by atoms with Gasteiger partial charge in [-0.2, -0.15) is 0 Å². The van der Waals surface area contributed by atoms with Crippen molar-refractivity contribution in [3.05, 3.63) is 122 Å². The monoisotopic (exact) mass is 813 g/mol. The van der Waals surface area contributed by atoms with Crippen molar-refractivity contribution in [3.63, 3.8) is 0 Å². The fourth-order valence-corrected chi connectivity index (χ4v) is 5.40. The van der Waals surface area contributed by atoms with Crippen LogP contribution in [0.15, 0.2) is 122 Å². The molecule has 57 heavy (non-hydrogen) atoms. The van der Waals surface area contributed by atoms with Crippen molar-refractivity contribution in [1.29, 1.82) is 0 Å². The molecule has 11 heteroatoms. The zero-order valence-electron chi connectivity index (χ0n) is 34.6. The number of carbonyl (C=O) groups excluding carboxylic acids is 1. The van der Waals surface area contributed by atoms with Gasteiger partial charge in [0.05, 0.1) is 19.8 Å². The Labute approximate surface area is 344 Å². The zero-order valence-corrected chi connectivity index (χ0v) is 35.5. The molecule has 320 valence electrons. The minimum atomic E-state index is -4.65. The molecule has 0 aliphatic carbocycles. The third kappa shape index (κ3) is 40.4. The Hall–Kier alpha value is -3.63. The molecule has 10 nitrogen and oxygen atoms in total. The summed E-state index contributed by atoms with van der Waals surface area (Å²) in [4.78, 5) is 33.5. The highest BCUT2D eigenvalue weighted by atomic mass is 31.2. The van der Waals surface area contributed by atoms with Crippen LogP contribution in [0.2, 0.25) is 0 Å². The Morgan fingerprint density at radius 2 is 0.965 bits per heavy atom. The summed E-state index contributed by atoms with van der Waals surface area (Å²) >= 11 is 0. The molecule has 0 spiro atoms. The molecule has 0 aromatic heterocycles. The van der Waals surface area contributed by atoms with E-state index in [9.17, 15) is 19.0 Å².